The van der Waals surface area contributed by atoms with E-state index in [1.807, 2.05) is 76.6 Å². The average molecular weight is 474 g/mol. The highest BCUT2D eigenvalue weighted by molar-refractivity contribution is 7.14. The van der Waals surface area contributed by atoms with Crippen LogP contribution in [-0.4, -0.2) is 26.2 Å². The Bertz CT molecular complexity index is 1410. The number of nitrogens with zero attached hydrogens (tertiary/aromatic N) is 3. The molecule has 0 aliphatic heterocycles. The van der Waals surface area contributed by atoms with Gasteiger partial charge in [0.05, 0.1) is 18.5 Å². The van der Waals surface area contributed by atoms with Crippen LogP contribution in [0.5, 0.6) is 0 Å². The van der Waals surface area contributed by atoms with Crippen LogP contribution in [0, 0.1) is 0 Å². The topological polar surface area (TPSA) is 88.4 Å². The van der Waals surface area contributed by atoms with Gasteiger partial charge in [-0.25, -0.2) is 9.97 Å². The number of carbonyl (C=O) groups is 2. The van der Waals surface area contributed by atoms with Gasteiger partial charge in [-0.15, -0.1) is 22.7 Å². The number of benzene rings is 1. The number of thiazole rings is 1. The van der Waals surface area contributed by atoms with E-state index in [4.69, 9.17) is 4.98 Å². The predicted molar refractivity (Wildman–Crippen MR) is 132 cm³/mol. The minimum Gasteiger partial charge on any atom is -0.310 e. The van der Waals surface area contributed by atoms with Crippen molar-refractivity contribution in [1.82, 2.24) is 14.4 Å². The van der Waals surface area contributed by atoms with Crippen LogP contribution in [0.15, 0.2) is 77.6 Å². The highest BCUT2D eigenvalue weighted by Gasteiger charge is 2.17. The number of thiophene rings is 1. The molecule has 4 heterocycles. The zero-order valence-corrected chi connectivity index (χ0v) is 19.0. The van der Waals surface area contributed by atoms with Gasteiger partial charge in [-0.1, -0.05) is 42.5 Å². The van der Waals surface area contributed by atoms with Gasteiger partial charge in [0.2, 0.25) is 11.8 Å². The fourth-order valence-electron chi connectivity index (χ4n) is 3.43. The van der Waals surface area contributed by atoms with Crippen molar-refractivity contribution in [3.8, 4) is 11.3 Å². The predicted octanol–water partition coefficient (Wildman–Crippen LogP) is 4.88. The van der Waals surface area contributed by atoms with Crippen molar-refractivity contribution < 1.29 is 9.59 Å². The molecule has 0 spiro atoms. The molecule has 5 aromatic rings. The summed E-state index contributed by atoms with van der Waals surface area (Å²) < 4.78 is 1.86. The van der Waals surface area contributed by atoms with Crippen molar-refractivity contribution in [1.29, 1.82) is 0 Å². The molecule has 0 aliphatic rings. The van der Waals surface area contributed by atoms with Crippen molar-refractivity contribution in [3.63, 3.8) is 0 Å². The molecule has 0 bridgehead atoms. The zero-order chi connectivity index (χ0) is 22.6. The van der Waals surface area contributed by atoms with Crippen molar-refractivity contribution >= 4 is 51.1 Å². The maximum atomic E-state index is 12.9. The van der Waals surface area contributed by atoms with Crippen molar-refractivity contribution in [2.45, 2.75) is 12.8 Å². The summed E-state index contributed by atoms with van der Waals surface area (Å²) >= 11 is 2.85. The molecular weight excluding hydrogens is 454 g/mol. The molecule has 5 rings (SSSR count). The number of hydrogen-bond acceptors (Lipinski definition) is 6. The largest absolute Gasteiger partial charge is 0.310 e. The highest BCUT2D eigenvalue weighted by atomic mass is 32.1. The van der Waals surface area contributed by atoms with Crippen LogP contribution < -0.4 is 10.6 Å². The Kier molecular flexibility index (Phi) is 5.97. The molecule has 2 amide bonds. The molecule has 0 unspecified atom stereocenters. The SMILES string of the molecule is O=C(Cc1cccs1)Nc1nc(CC(=O)Nc2c(-c3ccccc3)nc3ccccn23)cs1. The number of nitrogens with one attached hydrogen (secondary N) is 2. The molecule has 4 aromatic heterocycles. The molecule has 0 aliphatic carbocycles. The number of aromatic nitrogens is 3. The molecule has 7 nitrogen and oxygen atoms in total. The fraction of sp³-hybridized carbons (Fsp3) is 0.0833. The number of hydrogen-bond donors (Lipinski definition) is 2. The molecule has 164 valence electrons. The Morgan fingerprint density at radius 2 is 1.67 bits per heavy atom. The Morgan fingerprint density at radius 1 is 0.848 bits per heavy atom. The minimum atomic E-state index is -0.209. The number of amides is 2. The number of pyridine rings is 1. The van der Waals surface area contributed by atoms with E-state index in [-0.39, 0.29) is 18.2 Å². The van der Waals surface area contributed by atoms with E-state index >= 15 is 0 Å². The Hall–Kier alpha value is -3.82. The maximum absolute atomic E-state index is 12.9. The number of carbonyl (C=O) groups excluding carboxylic acids is 2. The summed E-state index contributed by atoms with van der Waals surface area (Å²) in [4.78, 5) is 35.2. The van der Waals surface area contributed by atoms with E-state index in [1.165, 1.54) is 22.7 Å². The number of fused-ring (bicyclic) bond motifs is 1. The third-order valence-corrected chi connectivity index (χ3v) is 6.57. The third kappa shape index (κ3) is 4.84. The smallest absolute Gasteiger partial charge is 0.231 e. The van der Waals surface area contributed by atoms with Gasteiger partial charge in [-0.3, -0.25) is 14.0 Å². The lowest BCUT2D eigenvalue weighted by Gasteiger charge is -2.07. The second kappa shape index (κ2) is 9.35. The van der Waals surface area contributed by atoms with Gasteiger partial charge in [-0.05, 0) is 23.6 Å². The third-order valence-electron chi connectivity index (χ3n) is 4.89. The van der Waals surface area contributed by atoms with Crippen LogP contribution >= 0.6 is 22.7 Å². The first kappa shape index (κ1) is 21.0. The molecule has 0 saturated heterocycles. The van der Waals surface area contributed by atoms with Gasteiger partial charge < -0.3 is 10.6 Å². The van der Waals surface area contributed by atoms with E-state index in [9.17, 15) is 9.59 Å². The molecule has 0 radical (unpaired) electrons. The second-order valence-corrected chi connectivity index (χ2v) is 9.17. The molecule has 0 saturated carbocycles. The summed E-state index contributed by atoms with van der Waals surface area (Å²) in [6, 6.07) is 19.3. The normalized spacial score (nSPS) is 10.9. The summed E-state index contributed by atoms with van der Waals surface area (Å²) in [5.74, 6) is 0.280. The fourth-order valence-corrected chi connectivity index (χ4v) is 4.86. The van der Waals surface area contributed by atoms with Gasteiger partial charge >= 0.3 is 0 Å². The van der Waals surface area contributed by atoms with E-state index in [0.29, 0.717) is 28.8 Å². The lowest BCUT2D eigenvalue weighted by atomic mass is 10.1. The summed E-state index contributed by atoms with van der Waals surface area (Å²) in [7, 11) is 0. The number of imidazole rings is 1. The van der Waals surface area contributed by atoms with Gasteiger partial charge in [0.25, 0.3) is 0 Å². The van der Waals surface area contributed by atoms with Crippen LogP contribution in [0.3, 0.4) is 0 Å². The molecule has 1 aromatic carbocycles. The standard InChI is InChI=1S/C24H19N5O2S2/c30-20(13-17-15-33-24(25-17)28-21(31)14-18-9-6-12-32-18)27-23-22(16-7-2-1-3-8-16)26-19-10-4-5-11-29(19)23/h1-12,15H,13-14H2,(H,27,30)(H,25,28,31). The lowest BCUT2D eigenvalue weighted by Crippen LogP contribution is -2.17. The monoisotopic (exact) mass is 473 g/mol. The summed E-state index contributed by atoms with van der Waals surface area (Å²) in [6.45, 7) is 0. The number of rotatable bonds is 7. The highest BCUT2D eigenvalue weighted by Crippen LogP contribution is 2.29. The van der Waals surface area contributed by atoms with Crippen LogP contribution in [-0.2, 0) is 22.4 Å². The quantitative estimate of drug-likeness (QED) is 0.353. The summed E-state index contributed by atoms with van der Waals surface area (Å²) in [5.41, 5.74) is 2.96. The van der Waals surface area contributed by atoms with E-state index in [1.54, 1.807) is 5.38 Å². The van der Waals surface area contributed by atoms with E-state index in [0.717, 1.165) is 16.1 Å². The molecule has 9 heteroatoms. The molecule has 0 atom stereocenters. The zero-order valence-electron chi connectivity index (χ0n) is 17.4. The van der Waals surface area contributed by atoms with Crippen LogP contribution in [0.4, 0.5) is 10.9 Å². The number of anilines is 2. The Labute approximate surface area is 197 Å². The average Bonchev–Trinajstić information content (AvgIpc) is 3.56. The Morgan fingerprint density at radius 3 is 2.48 bits per heavy atom. The van der Waals surface area contributed by atoms with Crippen molar-refractivity contribution in [2.24, 2.45) is 0 Å². The van der Waals surface area contributed by atoms with Gasteiger partial charge in [0.15, 0.2) is 5.13 Å². The first-order valence-corrected chi connectivity index (χ1v) is 12.0. The van der Waals surface area contributed by atoms with E-state index < -0.39 is 0 Å². The van der Waals surface area contributed by atoms with Crippen LogP contribution in [0.25, 0.3) is 16.9 Å². The first-order chi connectivity index (χ1) is 16.2. The molecular formula is C24H19N5O2S2. The van der Waals surface area contributed by atoms with Crippen LogP contribution in [0.2, 0.25) is 0 Å². The molecule has 2 N–H and O–H groups in total. The lowest BCUT2D eigenvalue weighted by molar-refractivity contribution is -0.116. The van der Waals surface area contributed by atoms with Gasteiger partial charge in [0, 0.05) is 22.0 Å². The minimum absolute atomic E-state index is 0.0889. The molecule has 0 fully saturated rings. The maximum Gasteiger partial charge on any atom is 0.231 e. The van der Waals surface area contributed by atoms with Crippen LogP contribution in [0.1, 0.15) is 10.6 Å². The van der Waals surface area contributed by atoms with E-state index in [2.05, 4.69) is 15.6 Å². The van der Waals surface area contributed by atoms with Gasteiger partial charge in [-0.2, -0.15) is 0 Å². The summed E-state index contributed by atoms with van der Waals surface area (Å²) in [6.07, 6.45) is 2.27. The first-order valence-electron chi connectivity index (χ1n) is 10.2. The summed E-state index contributed by atoms with van der Waals surface area (Å²) in [5, 5.41) is 10.0. The Balaban J connectivity index is 1.30. The van der Waals surface area contributed by atoms with Crippen molar-refractivity contribution in [2.75, 3.05) is 10.6 Å². The molecule has 33 heavy (non-hydrogen) atoms. The van der Waals surface area contributed by atoms with Crippen molar-refractivity contribution in [3.05, 3.63) is 88.2 Å². The van der Waals surface area contributed by atoms with Gasteiger partial charge in [0.1, 0.15) is 17.2 Å². The second-order valence-electron chi connectivity index (χ2n) is 7.28.